The van der Waals surface area contributed by atoms with Gasteiger partial charge in [-0.3, -0.25) is 9.71 Å². The van der Waals surface area contributed by atoms with E-state index in [9.17, 15) is 13.2 Å². The standard InChI is InChI=1S/C11H9BrN2O5S/c1-6-2-3-13-5-7(6)14-20(17,18)9-4-8(11(15)16)19-10(9)12/h2-5,14H,1H3,(H,15,16). The fourth-order valence-corrected chi connectivity index (χ4v) is 3.47. The van der Waals surface area contributed by atoms with Gasteiger partial charge < -0.3 is 9.52 Å². The number of carbonyl (C=O) groups is 1. The number of hydrogen-bond acceptors (Lipinski definition) is 5. The topological polar surface area (TPSA) is 110 Å². The van der Waals surface area contributed by atoms with Crippen molar-refractivity contribution in [3.8, 4) is 0 Å². The Morgan fingerprint density at radius 3 is 2.75 bits per heavy atom. The zero-order chi connectivity index (χ0) is 14.9. The van der Waals surface area contributed by atoms with Crippen LogP contribution >= 0.6 is 15.9 Å². The second-order valence-corrected chi connectivity index (χ2v) is 6.22. The lowest BCUT2D eigenvalue weighted by molar-refractivity contribution is 0.0661. The van der Waals surface area contributed by atoms with E-state index in [1.807, 2.05) is 0 Å². The van der Waals surface area contributed by atoms with E-state index in [1.54, 1.807) is 13.0 Å². The number of halogens is 1. The van der Waals surface area contributed by atoms with Crippen LogP contribution in [0.2, 0.25) is 0 Å². The van der Waals surface area contributed by atoms with Gasteiger partial charge in [-0.15, -0.1) is 0 Å². The second-order valence-electron chi connectivity index (χ2n) is 3.85. The average molecular weight is 361 g/mol. The molecule has 0 fully saturated rings. The van der Waals surface area contributed by atoms with Gasteiger partial charge in [0.25, 0.3) is 10.0 Å². The Morgan fingerprint density at radius 2 is 2.20 bits per heavy atom. The maximum atomic E-state index is 12.2. The minimum atomic E-state index is -3.97. The van der Waals surface area contributed by atoms with E-state index >= 15 is 0 Å². The minimum Gasteiger partial charge on any atom is -0.475 e. The fraction of sp³-hybridized carbons (Fsp3) is 0.0909. The van der Waals surface area contributed by atoms with Crippen molar-refractivity contribution >= 4 is 37.6 Å². The normalized spacial score (nSPS) is 11.3. The van der Waals surface area contributed by atoms with Crippen molar-refractivity contribution in [1.82, 2.24) is 4.98 Å². The van der Waals surface area contributed by atoms with Crippen LogP contribution in [-0.2, 0) is 10.0 Å². The number of nitrogens with one attached hydrogen (secondary N) is 1. The van der Waals surface area contributed by atoms with E-state index in [4.69, 9.17) is 9.52 Å². The number of hydrogen-bond donors (Lipinski definition) is 2. The summed E-state index contributed by atoms with van der Waals surface area (Å²) in [5.41, 5.74) is 0.985. The molecule has 0 unspecified atom stereocenters. The quantitative estimate of drug-likeness (QED) is 0.864. The molecule has 0 radical (unpaired) electrons. The number of furan rings is 1. The highest BCUT2D eigenvalue weighted by molar-refractivity contribution is 9.10. The minimum absolute atomic E-state index is 0.177. The first-order chi connectivity index (χ1) is 9.31. The maximum absolute atomic E-state index is 12.2. The summed E-state index contributed by atoms with van der Waals surface area (Å²) in [6, 6.07) is 2.57. The number of aryl methyl sites for hydroxylation is 1. The van der Waals surface area contributed by atoms with Crippen LogP contribution in [-0.4, -0.2) is 24.5 Å². The Morgan fingerprint density at radius 1 is 1.50 bits per heavy atom. The Balaban J connectivity index is 2.41. The molecule has 2 heterocycles. The largest absolute Gasteiger partial charge is 0.475 e. The molecule has 106 valence electrons. The molecule has 20 heavy (non-hydrogen) atoms. The van der Waals surface area contributed by atoms with Gasteiger partial charge in [0.1, 0.15) is 4.90 Å². The highest BCUT2D eigenvalue weighted by Gasteiger charge is 2.25. The molecule has 2 rings (SSSR count). The smallest absolute Gasteiger partial charge is 0.371 e. The van der Waals surface area contributed by atoms with Gasteiger partial charge in [0, 0.05) is 12.3 Å². The van der Waals surface area contributed by atoms with Gasteiger partial charge in [0.15, 0.2) is 4.67 Å². The van der Waals surface area contributed by atoms with Crippen LogP contribution in [0, 0.1) is 6.92 Å². The molecule has 9 heteroatoms. The Bertz CT molecular complexity index is 769. The molecule has 0 saturated heterocycles. The molecule has 0 saturated carbocycles. The van der Waals surface area contributed by atoms with Crippen LogP contribution in [0.5, 0.6) is 0 Å². The Hall–Kier alpha value is -1.87. The van der Waals surface area contributed by atoms with Crippen LogP contribution in [0.3, 0.4) is 0 Å². The summed E-state index contributed by atoms with van der Waals surface area (Å²) in [5, 5.41) is 8.78. The number of aromatic nitrogens is 1. The number of rotatable bonds is 4. The molecule has 7 nitrogen and oxygen atoms in total. The molecule has 2 aromatic heterocycles. The fourth-order valence-electron chi connectivity index (χ4n) is 1.41. The summed E-state index contributed by atoms with van der Waals surface area (Å²) in [6.07, 6.45) is 2.89. The molecule has 0 aromatic carbocycles. The Labute approximate surface area is 122 Å². The molecular weight excluding hydrogens is 352 g/mol. The third-order valence-corrected chi connectivity index (χ3v) is 4.66. The molecule has 0 atom stereocenters. The van der Waals surface area contributed by atoms with Gasteiger partial charge in [-0.05, 0) is 34.5 Å². The molecule has 0 bridgehead atoms. The van der Waals surface area contributed by atoms with E-state index < -0.39 is 21.8 Å². The van der Waals surface area contributed by atoms with E-state index in [0.29, 0.717) is 11.3 Å². The van der Waals surface area contributed by atoms with Gasteiger partial charge in [0.05, 0.1) is 11.9 Å². The first-order valence-electron chi connectivity index (χ1n) is 5.27. The van der Waals surface area contributed by atoms with Crippen molar-refractivity contribution in [3.63, 3.8) is 0 Å². The summed E-state index contributed by atoms with van der Waals surface area (Å²) in [7, 11) is -3.97. The van der Waals surface area contributed by atoms with Crippen LogP contribution in [0.15, 0.2) is 38.5 Å². The molecule has 0 aliphatic carbocycles. The molecule has 2 aromatic rings. The van der Waals surface area contributed by atoms with E-state index in [1.165, 1.54) is 12.4 Å². The number of carboxylic acid groups (broad SMARTS) is 1. The Kier molecular flexibility index (Phi) is 3.82. The van der Waals surface area contributed by atoms with Gasteiger partial charge in [-0.2, -0.15) is 0 Å². The van der Waals surface area contributed by atoms with E-state index in [-0.39, 0.29) is 9.56 Å². The highest BCUT2D eigenvalue weighted by Crippen LogP contribution is 2.28. The van der Waals surface area contributed by atoms with E-state index in [2.05, 4.69) is 25.6 Å². The van der Waals surface area contributed by atoms with Crippen molar-refractivity contribution in [2.75, 3.05) is 4.72 Å². The number of pyridine rings is 1. The number of nitrogens with zero attached hydrogens (tertiary/aromatic N) is 1. The zero-order valence-corrected chi connectivity index (χ0v) is 12.5. The molecule has 0 aliphatic heterocycles. The third-order valence-electron chi connectivity index (χ3n) is 2.44. The average Bonchev–Trinajstić information content (AvgIpc) is 2.75. The van der Waals surface area contributed by atoms with Gasteiger partial charge >= 0.3 is 5.97 Å². The van der Waals surface area contributed by atoms with Crippen LogP contribution in [0.25, 0.3) is 0 Å². The molecule has 0 spiro atoms. The predicted octanol–water partition coefficient (Wildman–Crippen LogP) is 2.24. The van der Waals surface area contributed by atoms with E-state index in [0.717, 1.165) is 6.07 Å². The zero-order valence-electron chi connectivity index (χ0n) is 10.1. The molecule has 0 aliphatic rings. The second kappa shape index (κ2) is 5.25. The predicted molar refractivity (Wildman–Crippen MR) is 73.1 cm³/mol. The van der Waals surface area contributed by atoms with Gasteiger partial charge in [-0.25, -0.2) is 13.2 Å². The molecule has 0 amide bonds. The number of carboxylic acids is 1. The first kappa shape index (κ1) is 14.5. The summed E-state index contributed by atoms with van der Waals surface area (Å²) < 4.78 is 31.3. The lowest BCUT2D eigenvalue weighted by Gasteiger charge is -2.08. The van der Waals surface area contributed by atoms with Gasteiger partial charge in [-0.1, -0.05) is 0 Å². The third kappa shape index (κ3) is 2.83. The lowest BCUT2D eigenvalue weighted by Crippen LogP contribution is -2.13. The lowest BCUT2D eigenvalue weighted by atomic mass is 10.3. The first-order valence-corrected chi connectivity index (χ1v) is 7.55. The van der Waals surface area contributed by atoms with Crippen LogP contribution in [0.4, 0.5) is 5.69 Å². The van der Waals surface area contributed by atoms with Gasteiger partial charge in [0.2, 0.25) is 5.76 Å². The molecular formula is C11H9BrN2O5S. The molecule has 2 N–H and O–H groups in total. The summed E-state index contributed by atoms with van der Waals surface area (Å²) >= 11 is 2.89. The van der Waals surface area contributed by atoms with Crippen molar-refractivity contribution in [1.29, 1.82) is 0 Å². The van der Waals surface area contributed by atoms with Crippen molar-refractivity contribution in [3.05, 3.63) is 40.5 Å². The number of sulfonamides is 1. The summed E-state index contributed by atoms with van der Waals surface area (Å²) in [4.78, 5) is 14.3. The SMILES string of the molecule is Cc1ccncc1NS(=O)(=O)c1cc(C(=O)O)oc1Br. The monoisotopic (exact) mass is 360 g/mol. The highest BCUT2D eigenvalue weighted by atomic mass is 79.9. The van der Waals surface area contributed by atoms with Crippen molar-refractivity contribution < 1.29 is 22.7 Å². The summed E-state index contributed by atoms with van der Waals surface area (Å²) in [5.74, 6) is -1.83. The van der Waals surface area contributed by atoms with Crippen LogP contribution in [0.1, 0.15) is 16.1 Å². The van der Waals surface area contributed by atoms with Crippen LogP contribution < -0.4 is 4.72 Å². The number of anilines is 1. The van der Waals surface area contributed by atoms with Crippen molar-refractivity contribution in [2.24, 2.45) is 0 Å². The van der Waals surface area contributed by atoms with Crippen molar-refractivity contribution in [2.45, 2.75) is 11.8 Å². The number of aromatic carboxylic acids is 1. The summed E-state index contributed by atoms with van der Waals surface area (Å²) in [6.45, 7) is 1.71. The maximum Gasteiger partial charge on any atom is 0.371 e.